The van der Waals surface area contributed by atoms with Crippen LogP contribution in [0.3, 0.4) is 0 Å². The third-order valence-corrected chi connectivity index (χ3v) is 4.13. The van der Waals surface area contributed by atoms with Crippen molar-refractivity contribution >= 4 is 0 Å². The average molecular weight is 326 g/mol. The minimum Gasteiger partial charge on any atom is -0.416 e. The van der Waals surface area contributed by atoms with E-state index < -0.39 is 0 Å². The van der Waals surface area contributed by atoms with Crippen LogP contribution in [0, 0.1) is 13.8 Å². The molecule has 0 saturated heterocycles. The zero-order chi connectivity index (χ0) is 17.2. The minimum absolute atomic E-state index is 0.536. The molecule has 0 amide bonds. The Morgan fingerprint density at radius 2 is 1.08 bits per heavy atom. The molecule has 0 spiro atoms. The van der Waals surface area contributed by atoms with Crippen LogP contribution in [0.4, 0.5) is 0 Å². The van der Waals surface area contributed by atoms with Crippen molar-refractivity contribution in [3.05, 3.63) is 83.9 Å². The summed E-state index contributed by atoms with van der Waals surface area (Å²) in [6.45, 7) is 4.13. The van der Waals surface area contributed by atoms with Gasteiger partial charge in [-0.15, -0.1) is 10.2 Å². The second kappa shape index (κ2) is 6.36. The third kappa shape index (κ3) is 3.22. The van der Waals surface area contributed by atoms with Gasteiger partial charge in [0.1, 0.15) is 0 Å². The number of aryl methyl sites for hydroxylation is 2. The molecule has 0 bridgehead atoms. The summed E-state index contributed by atoms with van der Waals surface area (Å²) in [6, 6.07) is 24.7. The normalized spacial score (nSPS) is 10.8. The summed E-state index contributed by atoms with van der Waals surface area (Å²) in [5.41, 5.74) is 6.60. The largest absolute Gasteiger partial charge is 0.416 e. The lowest BCUT2D eigenvalue weighted by molar-refractivity contribution is 0.584. The fraction of sp³-hybridized carbons (Fsp3) is 0.0909. The highest BCUT2D eigenvalue weighted by Gasteiger charge is 2.11. The quantitative estimate of drug-likeness (QED) is 0.485. The molecule has 0 fully saturated rings. The fourth-order valence-electron chi connectivity index (χ4n) is 2.99. The van der Waals surface area contributed by atoms with Crippen molar-refractivity contribution in [2.75, 3.05) is 0 Å². The van der Waals surface area contributed by atoms with E-state index in [0.717, 1.165) is 11.1 Å². The van der Waals surface area contributed by atoms with Gasteiger partial charge in [0, 0.05) is 11.1 Å². The van der Waals surface area contributed by atoms with Crippen LogP contribution in [-0.4, -0.2) is 10.2 Å². The van der Waals surface area contributed by atoms with Crippen LogP contribution >= 0.6 is 0 Å². The van der Waals surface area contributed by atoms with Gasteiger partial charge in [0.25, 0.3) is 0 Å². The molecular formula is C22H18N2O. The van der Waals surface area contributed by atoms with E-state index >= 15 is 0 Å². The Bertz CT molecular complexity index is 982. The van der Waals surface area contributed by atoms with Crippen LogP contribution in [0.5, 0.6) is 0 Å². The Balaban J connectivity index is 1.64. The summed E-state index contributed by atoms with van der Waals surface area (Å²) in [5, 5.41) is 8.42. The van der Waals surface area contributed by atoms with Crippen molar-refractivity contribution < 1.29 is 4.42 Å². The Kier molecular flexibility index (Phi) is 3.90. The third-order valence-electron chi connectivity index (χ3n) is 4.13. The van der Waals surface area contributed by atoms with Crippen LogP contribution in [0.15, 0.2) is 77.2 Å². The molecule has 0 aliphatic carbocycles. The van der Waals surface area contributed by atoms with Crippen molar-refractivity contribution in [2.24, 2.45) is 0 Å². The number of benzene rings is 3. The molecule has 0 aliphatic heterocycles. The van der Waals surface area contributed by atoms with E-state index in [-0.39, 0.29) is 0 Å². The summed E-state index contributed by atoms with van der Waals surface area (Å²) in [4.78, 5) is 0. The molecule has 0 radical (unpaired) electrons. The Morgan fingerprint density at radius 1 is 0.560 bits per heavy atom. The molecule has 0 saturated carbocycles. The van der Waals surface area contributed by atoms with Crippen molar-refractivity contribution in [3.63, 3.8) is 0 Å². The number of hydrogen-bond acceptors (Lipinski definition) is 3. The van der Waals surface area contributed by atoms with E-state index in [9.17, 15) is 0 Å². The first-order valence-electron chi connectivity index (χ1n) is 8.27. The van der Waals surface area contributed by atoms with Gasteiger partial charge in [0.15, 0.2) is 0 Å². The first-order chi connectivity index (χ1) is 12.2. The maximum absolute atomic E-state index is 5.89. The Labute approximate surface area is 147 Å². The van der Waals surface area contributed by atoms with E-state index in [4.69, 9.17) is 4.42 Å². The SMILES string of the molecule is Cc1cc(C)cc(-c2nnc(-c3ccc(-c4ccccc4)cc3)o2)c1. The van der Waals surface area contributed by atoms with Crippen molar-refractivity contribution in [1.82, 2.24) is 10.2 Å². The summed E-state index contributed by atoms with van der Waals surface area (Å²) in [6.07, 6.45) is 0. The fourth-order valence-corrected chi connectivity index (χ4v) is 2.99. The highest BCUT2D eigenvalue weighted by atomic mass is 16.4. The van der Waals surface area contributed by atoms with Gasteiger partial charge in [-0.05, 0) is 49.2 Å². The Morgan fingerprint density at radius 3 is 1.72 bits per heavy atom. The lowest BCUT2D eigenvalue weighted by Crippen LogP contribution is -1.82. The van der Waals surface area contributed by atoms with E-state index in [1.54, 1.807) is 0 Å². The van der Waals surface area contributed by atoms with Crippen LogP contribution in [0.25, 0.3) is 34.0 Å². The minimum atomic E-state index is 0.536. The summed E-state index contributed by atoms with van der Waals surface area (Å²) >= 11 is 0. The van der Waals surface area contributed by atoms with Crippen LogP contribution < -0.4 is 0 Å². The van der Waals surface area contributed by atoms with Gasteiger partial charge in [-0.1, -0.05) is 59.7 Å². The molecule has 1 heterocycles. The summed E-state index contributed by atoms with van der Waals surface area (Å²) < 4.78 is 5.89. The van der Waals surface area contributed by atoms with Crippen molar-refractivity contribution in [2.45, 2.75) is 13.8 Å². The first-order valence-corrected chi connectivity index (χ1v) is 8.27. The lowest BCUT2D eigenvalue weighted by atomic mass is 10.0. The van der Waals surface area contributed by atoms with Gasteiger partial charge in [-0.3, -0.25) is 0 Å². The number of aromatic nitrogens is 2. The molecule has 0 atom stereocenters. The van der Waals surface area contributed by atoms with Crippen molar-refractivity contribution in [1.29, 1.82) is 0 Å². The number of rotatable bonds is 3. The van der Waals surface area contributed by atoms with Gasteiger partial charge in [0.2, 0.25) is 11.8 Å². The van der Waals surface area contributed by atoms with E-state index in [1.807, 2.05) is 30.3 Å². The van der Waals surface area contributed by atoms with E-state index in [0.29, 0.717) is 11.8 Å². The predicted octanol–water partition coefficient (Wildman–Crippen LogP) is 5.69. The van der Waals surface area contributed by atoms with Crippen LogP contribution in [-0.2, 0) is 0 Å². The molecule has 3 aromatic carbocycles. The van der Waals surface area contributed by atoms with Crippen LogP contribution in [0.1, 0.15) is 11.1 Å². The second-order valence-electron chi connectivity index (χ2n) is 6.23. The standard InChI is InChI=1S/C22H18N2O/c1-15-12-16(2)14-20(13-15)22-24-23-21(25-22)19-10-8-18(9-11-19)17-6-4-3-5-7-17/h3-14H,1-2H3. The van der Waals surface area contributed by atoms with Gasteiger partial charge in [-0.2, -0.15) is 0 Å². The lowest BCUT2D eigenvalue weighted by Gasteiger charge is -2.02. The molecule has 25 heavy (non-hydrogen) atoms. The van der Waals surface area contributed by atoms with Gasteiger partial charge in [-0.25, -0.2) is 0 Å². The number of nitrogens with zero attached hydrogens (tertiary/aromatic N) is 2. The molecule has 3 heteroatoms. The Hall–Kier alpha value is -3.20. The monoisotopic (exact) mass is 326 g/mol. The zero-order valence-corrected chi connectivity index (χ0v) is 14.2. The molecule has 4 aromatic rings. The number of hydrogen-bond donors (Lipinski definition) is 0. The second-order valence-corrected chi connectivity index (χ2v) is 6.23. The molecule has 3 nitrogen and oxygen atoms in total. The highest BCUT2D eigenvalue weighted by molar-refractivity contribution is 5.67. The molecular weight excluding hydrogens is 308 g/mol. The maximum Gasteiger partial charge on any atom is 0.248 e. The predicted molar refractivity (Wildman–Crippen MR) is 100 cm³/mol. The molecule has 1 aromatic heterocycles. The highest BCUT2D eigenvalue weighted by Crippen LogP contribution is 2.27. The summed E-state index contributed by atoms with van der Waals surface area (Å²) in [5.74, 6) is 1.09. The van der Waals surface area contributed by atoms with Crippen molar-refractivity contribution in [3.8, 4) is 34.0 Å². The maximum atomic E-state index is 5.89. The molecule has 4 rings (SSSR count). The molecule has 0 unspecified atom stereocenters. The van der Waals surface area contributed by atoms with Gasteiger partial charge >= 0.3 is 0 Å². The van der Waals surface area contributed by atoms with E-state index in [1.165, 1.54) is 22.3 Å². The van der Waals surface area contributed by atoms with Gasteiger partial charge in [0.05, 0.1) is 0 Å². The molecule has 0 N–H and O–H groups in total. The zero-order valence-electron chi connectivity index (χ0n) is 14.2. The first kappa shape index (κ1) is 15.3. The van der Waals surface area contributed by atoms with E-state index in [2.05, 4.69) is 66.5 Å². The summed E-state index contributed by atoms with van der Waals surface area (Å²) in [7, 11) is 0. The smallest absolute Gasteiger partial charge is 0.248 e. The topological polar surface area (TPSA) is 38.9 Å². The average Bonchev–Trinajstić information content (AvgIpc) is 3.12. The van der Waals surface area contributed by atoms with Crippen LogP contribution in [0.2, 0.25) is 0 Å². The molecule has 0 aliphatic rings. The molecule has 122 valence electrons. The van der Waals surface area contributed by atoms with Gasteiger partial charge < -0.3 is 4.42 Å².